The Morgan fingerprint density at radius 1 is 1.11 bits per heavy atom. The van der Waals surface area contributed by atoms with E-state index in [1.807, 2.05) is 19.1 Å². The third kappa shape index (κ3) is 3.34. The summed E-state index contributed by atoms with van der Waals surface area (Å²) in [5, 5.41) is 5.51. The molecule has 0 aliphatic heterocycles. The summed E-state index contributed by atoms with van der Waals surface area (Å²) < 4.78 is 6.23. The number of benzene rings is 2. The Morgan fingerprint density at radius 3 is 2.70 bits per heavy atom. The van der Waals surface area contributed by atoms with E-state index in [1.165, 1.54) is 18.4 Å². The van der Waals surface area contributed by atoms with E-state index in [4.69, 9.17) is 27.9 Å². The normalized spacial score (nSPS) is 11.1. The highest BCUT2D eigenvalue weighted by Gasteiger charge is 2.17. The number of anilines is 1. The van der Waals surface area contributed by atoms with Crippen molar-refractivity contribution >= 4 is 67.1 Å². The van der Waals surface area contributed by atoms with E-state index in [-0.39, 0.29) is 5.91 Å². The van der Waals surface area contributed by atoms with Gasteiger partial charge in [-0.3, -0.25) is 4.79 Å². The van der Waals surface area contributed by atoms with E-state index in [9.17, 15) is 4.79 Å². The number of carbonyl (C=O) groups is 1. The maximum Gasteiger partial charge on any atom is 0.265 e. The quantitative estimate of drug-likeness (QED) is 0.397. The summed E-state index contributed by atoms with van der Waals surface area (Å²) in [7, 11) is 1.54. The molecule has 0 saturated carbocycles. The van der Waals surface area contributed by atoms with Crippen LogP contribution in [0.3, 0.4) is 0 Å². The van der Waals surface area contributed by atoms with Crippen molar-refractivity contribution < 1.29 is 9.53 Å². The second-order valence-electron chi connectivity index (χ2n) is 6.08. The summed E-state index contributed by atoms with van der Waals surface area (Å²) in [4.78, 5) is 17.8. The van der Waals surface area contributed by atoms with E-state index in [0.29, 0.717) is 26.5 Å². The summed E-state index contributed by atoms with van der Waals surface area (Å²) in [5.41, 5.74) is 2.44. The Labute approximate surface area is 169 Å². The molecular formula is C20H14Cl2N2O2S. The molecule has 2 heterocycles. The smallest absolute Gasteiger partial charge is 0.265 e. The highest BCUT2D eigenvalue weighted by molar-refractivity contribution is 7.22. The van der Waals surface area contributed by atoms with Gasteiger partial charge in [-0.1, -0.05) is 34.8 Å². The van der Waals surface area contributed by atoms with Gasteiger partial charge < -0.3 is 10.1 Å². The lowest BCUT2D eigenvalue weighted by Gasteiger charge is -2.09. The van der Waals surface area contributed by atoms with Crippen molar-refractivity contribution in [2.45, 2.75) is 6.92 Å². The molecule has 4 aromatic rings. The van der Waals surface area contributed by atoms with E-state index >= 15 is 0 Å². The van der Waals surface area contributed by atoms with Crippen LogP contribution in [0.5, 0.6) is 5.75 Å². The van der Waals surface area contributed by atoms with Gasteiger partial charge in [0.05, 0.1) is 23.2 Å². The number of amides is 1. The van der Waals surface area contributed by atoms with Gasteiger partial charge in [-0.05, 0) is 43.3 Å². The molecule has 136 valence electrons. The Morgan fingerprint density at radius 2 is 1.93 bits per heavy atom. The third-order valence-electron chi connectivity index (χ3n) is 4.20. The lowest BCUT2D eigenvalue weighted by molar-refractivity contribution is 0.103. The molecule has 4 nitrogen and oxygen atoms in total. The molecule has 0 atom stereocenters. The average Bonchev–Trinajstić information content (AvgIpc) is 3.09. The highest BCUT2D eigenvalue weighted by Crippen LogP contribution is 2.37. The summed E-state index contributed by atoms with van der Waals surface area (Å²) in [5.74, 6) is 0.281. The molecule has 7 heteroatoms. The van der Waals surface area contributed by atoms with Crippen LogP contribution >= 0.6 is 34.5 Å². The number of hydrogen-bond acceptors (Lipinski definition) is 4. The van der Waals surface area contributed by atoms with Gasteiger partial charge in [0.15, 0.2) is 0 Å². The number of hydrogen-bond donors (Lipinski definition) is 1. The fourth-order valence-electron chi connectivity index (χ4n) is 2.91. The number of nitrogens with zero attached hydrogens (tertiary/aromatic N) is 1. The van der Waals surface area contributed by atoms with Crippen molar-refractivity contribution in [2.75, 3.05) is 12.4 Å². The number of thiophene rings is 1. The van der Waals surface area contributed by atoms with Crippen molar-refractivity contribution in [3.05, 3.63) is 63.1 Å². The van der Waals surface area contributed by atoms with Crippen LogP contribution < -0.4 is 10.1 Å². The monoisotopic (exact) mass is 416 g/mol. The second kappa shape index (κ2) is 7.00. The van der Waals surface area contributed by atoms with Crippen LogP contribution in [0.25, 0.3) is 21.0 Å². The summed E-state index contributed by atoms with van der Waals surface area (Å²) >= 11 is 13.8. The van der Waals surface area contributed by atoms with E-state index in [2.05, 4.69) is 16.4 Å². The Hall–Kier alpha value is -2.34. The van der Waals surface area contributed by atoms with Gasteiger partial charge in [0, 0.05) is 20.5 Å². The van der Waals surface area contributed by atoms with Gasteiger partial charge in [-0.15, -0.1) is 11.3 Å². The van der Waals surface area contributed by atoms with E-state index in [1.54, 1.807) is 24.3 Å². The highest BCUT2D eigenvalue weighted by atomic mass is 35.5. The molecule has 0 unspecified atom stereocenters. The number of halogens is 2. The van der Waals surface area contributed by atoms with Crippen molar-refractivity contribution in [1.29, 1.82) is 0 Å². The van der Waals surface area contributed by atoms with Crippen molar-refractivity contribution in [3.63, 3.8) is 0 Å². The first-order valence-electron chi connectivity index (χ1n) is 8.10. The number of fused-ring (bicyclic) bond motifs is 3. The number of nitrogens with one attached hydrogen (secondary N) is 1. The zero-order valence-electron chi connectivity index (χ0n) is 14.5. The predicted molar refractivity (Wildman–Crippen MR) is 113 cm³/mol. The first kappa shape index (κ1) is 18.0. The Kier molecular flexibility index (Phi) is 4.68. The molecule has 0 spiro atoms. The minimum absolute atomic E-state index is 0.256. The summed E-state index contributed by atoms with van der Waals surface area (Å²) in [6.45, 7) is 2.02. The minimum Gasteiger partial charge on any atom is -0.495 e. The molecule has 0 aliphatic rings. The Balaban J connectivity index is 1.79. The predicted octanol–water partition coefficient (Wildman–Crippen LogP) is 6.33. The number of aromatic nitrogens is 1. The number of carbonyl (C=O) groups excluding carboxylic acids is 1. The van der Waals surface area contributed by atoms with Crippen LogP contribution in [0.15, 0.2) is 42.5 Å². The van der Waals surface area contributed by atoms with Gasteiger partial charge >= 0.3 is 0 Å². The molecule has 2 aromatic carbocycles. The van der Waals surface area contributed by atoms with Crippen LogP contribution in [-0.4, -0.2) is 18.0 Å². The van der Waals surface area contributed by atoms with E-state index < -0.39 is 0 Å². The maximum absolute atomic E-state index is 12.8. The van der Waals surface area contributed by atoms with Gasteiger partial charge in [0.25, 0.3) is 5.91 Å². The van der Waals surface area contributed by atoms with Gasteiger partial charge in [0.2, 0.25) is 0 Å². The molecule has 2 aromatic heterocycles. The molecule has 1 amide bonds. The van der Waals surface area contributed by atoms with Crippen LogP contribution in [0.2, 0.25) is 10.2 Å². The van der Waals surface area contributed by atoms with Gasteiger partial charge in [-0.2, -0.15) is 0 Å². The molecule has 1 N–H and O–H groups in total. The maximum atomic E-state index is 12.8. The molecule has 27 heavy (non-hydrogen) atoms. The Bertz CT molecular complexity index is 1200. The zero-order valence-corrected chi connectivity index (χ0v) is 16.8. The fraction of sp³-hybridized carbons (Fsp3) is 0.100. The van der Waals surface area contributed by atoms with Crippen LogP contribution in [0, 0.1) is 6.92 Å². The summed E-state index contributed by atoms with van der Waals surface area (Å²) in [6.07, 6.45) is 0. The second-order valence-corrected chi connectivity index (χ2v) is 7.92. The van der Waals surface area contributed by atoms with Crippen molar-refractivity contribution in [3.8, 4) is 5.75 Å². The topological polar surface area (TPSA) is 51.2 Å². The van der Waals surface area contributed by atoms with Crippen LogP contribution in [0.4, 0.5) is 5.69 Å². The van der Waals surface area contributed by atoms with Crippen molar-refractivity contribution in [1.82, 2.24) is 4.98 Å². The van der Waals surface area contributed by atoms with Crippen molar-refractivity contribution in [2.24, 2.45) is 0 Å². The molecular weight excluding hydrogens is 403 g/mol. The standard InChI is InChI=1S/C20H14Cl2N2O2S/c1-10-3-5-14-12(7-10)18-13(19(22)23-14)9-17(27-18)20(25)24-15-8-11(21)4-6-16(15)26-2/h3-9H,1-2H3,(H,24,25). The number of rotatable bonds is 3. The lowest BCUT2D eigenvalue weighted by Crippen LogP contribution is -2.11. The number of pyridine rings is 1. The summed E-state index contributed by atoms with van der Waals surface area (Å²) in [6, 6.07) is 12.8. The lowest BCUT2D eigenvalue weighted by atomic mass is 10.1. The number of methoxy groups -OCH3 is 1. The first-order valence-corrected chi connectivity index (χ1v) is 9.68. The number of ether oxygens (including phenoxy) is 1. The van der Waals surface area contributed by atoms with Gasteiger partial charge in [0.1, 0.15) is 10.9 Å². The molecule has 4 rings (SSSR count). The average molecular weight is 417 g/mol. The van der Waals surface area contributed by atoms with Gasteiger partial charge in [-0.25, -0.2) is 4.98 Å². The molecule has 0 saturated heterocycles. The fourth-order valence-corrected chi connectivity index (χ4v) is 4.46. The van der Waals surface area contributed by atoms with Crippen LogP contribution in [0.1, 0.15) is 15.2 Å². The van der Waals surface area contributed by atoms with E-state index in [0.717, 1.165) is 26.6 Å². The largest absolute Gasteiger partial charge is 0.495 e. The first-order chi connectivity index (χ1) is 13.0. The molecule has 0 aliphatic carbocycles. The minimum atomic E-state index is -0.256. The molecule has 0 bridgehead atoms. The number of aryl methyl sites for hydroxylation is 1. The molecule has 0 radical (unpaired) electrons. The van der Waals surface area contributed by atoms with Crippen LogP contribution in [-0.2, 0) is 0 Å². The zero-order chi connectivity index (χ0) is 19.1. The molecule has 0 fully saturated rings. The third-order valence-corrected chi connectivity index (χ3v) is 5.89. The SMILES string of the molecule is COc1ccc(Cl)cc1NC(=O)c1cc2c(Cl)nc3ccc(C)cc3c2s1.